The highest BCUT2D eigenvalue weighted by atomic mass is 127. The quantitative estimate of drug-likeness (QED) is 0.461. The number of hydrogen-bond acceptors (Lipinski definition) is 2. The standard InChI is InChI=1S/C11H11ClFIN2O/c12-3-5-17-6-4-16-10-2-1-8(13)7-9(10)11(14)15-16/h1-2,7H,3-6H2. The second-order valence-electron chi connectivity index (χ2n) is 3.48. The largest absolute Gasteiger partial charge is 0.378 e. The number of fused-ring (bicyclic) bond motifs is 1. The van der Waals surface area contributed by atoms with Crippen LogP contribution in [0.15, 0.2) is 18.2 Å². The Morgan fingerprint density at radius 1 is 1.41 bits per heavy atom. The highest BCUT2D eigenvalue weighted by Gasteiger charge is 2.08. The molecule has 0 saturated carbocycles. The average molecular weight is 369 g/mol. The Morgan fingerprint density at radius 2 is 2.24 bits per heavy atom. The lowest BCUT2D eigenvalue weighted by molar-refractivity contribution is 0.139. The molecule has 0 aliphatic rings. The van der Waals surface area contributed by atoms with Gasteiger partial charge in [0, 0.05) is 11.3 Å². The van der Waals surface area contributed by atoms with Crippen LogP contribution in [-0.4, -0.2) is 28.9 Å². The summed E-state index contributed by atoms with van der Waals surface area (Å²) in [5.74, 6) is 0.246. The van der Waals surface area contributed by atoms with Crippen LogP contribution >= 0.6 is 34.2 Å². The van der Waals surface area contributed by atoms with Crippen LogP contribution in [0.2, 0.25) is 0 Å². The predicted molar refractivity (Wildman–Crippen MR) is 73.9 cm³/mol. The second kappa shape index (κ2) is 5.97. The lowest BCUT2D eigenvalue weighted by Crippen LogP contribution is -2.08. The minimum Gasteiger partial charge on any atom is -0.378 e. The average Bonchev–Trinajstić information content (AvgIpc) is 2.62. The molecule has 3 nitrogen and oxygen atoms in total. The van der Waals surface area contributed by atoms with Crippen molar-refractivity contribution < 1.29 is 9.13 Å². The number of hydrogen-bond donors (Lipinski definition) is 0. The van der Waals surface area contributed by atoms with Gasteiger partial charge in [-0.25, -0.2) is 4.39 Å². The van der Waals surface area contributed by atoms with Crippen LogP contribution < -0.4 is 0 Å². The molecule has 92 valence electrons. The Balaban J connectivity index is 2.17. The molecular formula is C11H11ClFIN2O. The van der Waals surface area contributed by atoms with Crippen molar-refractivity contribution in [2.24, 2.45) is 0 Å². The van der Waals surface area contributed by atoms with Gasteiger partial charge >= 0.3 is 0 Å². The van der Waals surface area contributed by atoms with Gasteiger partial charge in [0.05, 0.1) is 25.3 Å². The Bertz CT molecular complexity index is 517. The molecule has 0 N–H and O–H groups in total. The summed E-state index contributed by atoms with van der Waals surface area (Å²) in [5, 5.41) is 5.19. The number of aromatic nitrogens is 2. The number of rotatable bonds is 5. The second-order valence-corrected chi connectivity index (χ2v) is 4.88. The molecule has 0 atom stereocenters. The molecular weight excluding hydrogens is 357 g/mol. The molecule has 2 rings (SSSR count). The molecule has 6 heteroatoms. The molecule has 0 fully saturated rings. The van der Waals surface area contributed by atoms with Crippen molar-refractivity contribution in [2.45, 2.75) is 6.54 Å². The van der Waals surface area contributed by atoms with Crippen molar-refractivity contribution in [1.82, 2.24) is 9.78 Å². The number of alkyl halides is 1. The van der Waals surface area contributed by atoms with Crippen LogP contribution in [0.3, 0.4) is 0 Å². The van der Waals surface area contributed by atoms with Gasteiger partial charge in [-0.3, -0.25) is 4.68 Å². The van der Waals surface area contributed by atoms with E-state index in [2.05, 4.69) is 27.7 Å². The van der Waals surface area contributed by atoms with E-state index in [0.717, 1.165) is 14.6 Å². The molecule has 0 amide bonds. The van der Waals surface area contributed by atoms with E-state index in [4.69, 9.17) is 16.3 Å². The molecule has 1 aromatic heterocycles. The highest BCUT2D eigenvalue weighted by Crippen LogP contribution is 2.21. The highest BCUT2D eigenvalue weighted by molar-refractivity contribution is 14.1. The van der Waals surface area contributed by atoms with E-state index in [1.165, 1.54) is 12.1 Å². The third kappa shape index (κ3) is 3.08. The maximum atomic E-state index is 13.1. The van der Waals surface area contributed by atoms with E-state index in [9.17, 15) is 4.39 Å². The van der Waals surface area contributed by atoms with Crippen LogP contribution in [0.25, 0.3) is 10.9 Å². The summed E-state index contributed by atoms with van der Waals surface area (Å²) in [6, 6.07) is 4.68. The number of nitrogens with zero attached hydrogens (tertiary/aromatic N) is 2. The maximum absolute atomic E-state index is 13.1. The third-order valence-corrected chi connectivity index (χ3v) is 3.29. The molecule has 0 radical (unpaired) electrons. The Hall–Kier alpha value is -0.400. The summed E-state index contributed by atoms with van der Waals surface area (Å²) < 4.78 is 21.0. The van der Waals surface area contributed by atoms with Crippen LogP contribution in [-0.2, 0) is 11.3 Å². The fourth-order valence-corrected chi connectivity index (χ4v) is 2.39. The number of halogens is 3. The van der Waals surface area contributed by atoms with Gasteiger partial charge < -0.3 is 4.74 Å². The van der Waals surface area contributed by atoms with Crippen LogP contribution in [0.4, 0.5) is 4.39 Å². The van der Waals surface area contributed by atoms with Crippen LogP contribution in [0.1, 0.15) is 0 Å². The Kier molecular flexibility index (Phi) is 4.58. The first-order valence-corrected chi connectivity index (χ1v) is 6.79. The summed E-state index contributed by atoms with van der Waals surface area (Å²) in [6.45, 7) is 1.73. The van der Waals surface area contributed by atoms with Gasteiger partial charge in [-0.1, -0.05) is 0 Å². The third-order valence-electron chi connectivity index (χ3n) is 2.34. The fraction of sp³-hybridized carbons (Fsp3) is 0.364. The SMILES string of the molecule is Fc1ccc2c(c1)c(I)nn2CCOCCCl. The summed E-state index contributed by atoms with van der Waals surface area (Å²) >= 11 is 7.61. The van der Waals surface area contributed by atoms with Gasteiger partial charge in [-0.05, 0) is 40.8 Å². The summed E-state index contributed by atoms with van der Waals surface area (Å²) in [4.78, 5) is 0. The van der Waals surface area contributed by atoms with E-state index in [-0.39, 0.29) is 5.82 Å². The van der Waals surface area contributed by atoms with Crippen molar-refractivity contribution in [3.05, 3.63) is 27.7 Å². The normalized spacial score (nSPS) is 11.2. The Morgan fingerprint density at radius 3 is 3.00 bits per heavy atom. The fourth-order valence-electron chi connectivity index (χ4n) is 1.59. The molecule has 0 aliphatic carbocycles. The predicted octanol–water partition coefficient (Wildman–Crippen LogP) is 3.04. The van der Waals surface area contributed by atoms with Crippen LogP contribution in [0.5, 0.6) is 0 Å². The van der Waals surface area contributed by atoms with Gasteiger partial charge in [-0.2, -0.15) is 5.10 Å². The summed E-state index contributed by atoms with van der Waals surface area (Å²) in [5.41, 5.74) is 0.922. The molecule has 0 aliphatic heterocycles. The summed E-state index contributed by atoms with van der Waals surface area (Å²) in [6.07, 6.45) is 0. The first-order chi connectivity index (χ1) is 8.22. The van der Waals surface area contributed by atoms with E-state index in [1.807, 2.05) is 4.68 Å². The first-order valence-electron chi connectivity index (χ1n) is 5.17. The zero-order valence-corrected chi connectivity index (χ0v) is 11.9. The number of benzene rings is 1. The molecule has 0 bridgehead atoms. The topological polar surface area (TPSA) is 27.1 Å². The van der Waals surface area contributed by atoms with Gasteiger partial charge in [0.1, 0.15) is 9.52 Å². The minimum absolute atomic E-state index is 0.242. The smallest absolute Gasteiger partial charge is 0.131 e. The van der Waals surface area contributed by atoms with Crippen molar-refractivity contribution in [3.8, 4) is 0 Å². The van der Waals surface area contributed by atoms with Gasteiger partial charge in [-0.15, -0.1) is 11.6 Å². The lowest BCUT2D eigenvalue weighted by atomic mass is 10.2. The first kappa shape index (κ1) is 13.0. The van der Waals surface area contributed by atoms with Crippen molar-refractivity contribution in [3.63, 3.8) is 0 Å². The lowest BCUT2D eigenvalue weighted by Gasteiger charge is -2.03. The van der Waals surface area contributed by atoms with Crippen molar-refractivity contribution in [1.29, 1.82) is 0 Å². The monoisotopic (exact) mass is 368 g/mol. The van der Waals surface area contributed by atoms with E-state index in [1.54, 1.807) is 6.07 Å². The van der Waals surface area contributed by atoms with Gasteiger partial charge in [0.25, 0.3) is 0 Å². The van der Waals surface area contributed by atoms with Gasteiger partial charge in [0.15, 0.2) is 0 Å². The molecule has 2 aromatic rings. The minimum atomic E-state index is -0.242. The van der Waals surface area contributed by atoms with E-state index in [0.29, 0.717) is 25.6 Å². The van der Waals surface area contributed by atoms with Crippen molar-refractivity contribution in [2.75, 3.05) is 19.1 Å². The van der Waals surface area contributed by atoms with E-state index < -0.39 is 0 Å². The maximum Gasteiger partial charge on any atom is 0.131 e. The van der Waals surface area contributed by atoms with Crippen molar-refractivity contribution >= 4 is 45.1 Å². The van der Waals surface area contributed by atoms with E-state index >= 15 is 0 Å². The zero-order valence-electron chi connectivity index (χ0n) is 9.00. The van der Waals surface area contributed by atoms with Gasteiger partial charge in [0.2, 0.25) is 0 Å². The van der Waals surface area contributed by atoms with Crippen LogP contribution in [0, 0.1) is 9.52 Å². The Labute approximate surface area is 117 Å². The molecule has 17 heavy (non-hydrogen) atoms. The molecule has 1 heterocycles. The molecule has 1 aromatic carbocycles. The molecule has 0 unspecified atom stereocenters. The number of ether oxygens (including phenoxy) is 1. The molecule has 0 spiro atoms. The molecule has 0 saturated heterocycles. The summed E-state index contributed by atoms with van der Waals surface area (Å²) in [7, 11) is 0. The zero-order chi connectivity index (χ0) is 12.3.